The minimum atomic E-state index is 0. The van der Waals surface area contributed by atoms with E-state index in [4.69, 9.17) is 0 Å². The molecule has 1 aliphatic rings. The number of fused-ring (bicyclic) bond motifs is 1. The summed E-state index contributed by atoms with van der Waals surface area (Å²) < 4.78 is 0. The second kappa shape index (κ2) is 9.70. The van der Waals surface area contributed by atoms with Crippen LogP contribution in [0.5, 0.6) is 0 Å². The monoisotopic (exact) mass is 325 g/mol. The van der Waals surface area contributed by atoms with E-state index in [-0.39, 0.29) is 18.3 Å². The number of nitrogens with one attached hydrogen (secondary N) is 1. The molecule has 1 amide bonds. The van der Waals surface area contributed by atoms with E-state index in [1.807, 2.05) is 4.90 Å². The Hall–Kier alpha value is -1.26. The third-order valence-electron chi connectivity index (χ3n) is 3.87. The van der Waals surface area contributed by atoms with Gasteiger partial charge in [-0.25, -0.2) is 0 Å². The molecule has 0 fully saturated rings. The van der Waals surface area contributed by atoms with Crippen molar-refractivity contribution in [3.63, 3.8) is 0 Å². The minimum absolute atomic E-state index is 0. The molecular weight excluding hydrogens is 298 g/mol. The molecule has 0 bridgehead atoms. The molecule has 1 aromatic rings. The lowest BCUT2D eigenvalue weighted by Crippen LogP contribution is -2.42. The lowest BCUT2D eigenvalue weighted by atomic mass is 10.1. The van der Waals surface area contributed by atoms with Crippen LogP contribution in [0.1, 0.15) is 32.3 Å². The molecule has 1 N–H and O–H groups in total. The number of benzene rings is 1. The molecule has 0 spiro atoms. The normalized spacial score (nSPS) is 13.8. The molecule has 2 rings (SSSR count). The smallest absolute Gasteiger partial charge is 0.242 e. The first-order chi connectivity index (χ1) is 10.3. The molecular formula is C17H28ClN3O. The van der Waals surface area contributed by atoms with Crippen LogP contribution in [0.3, 0.4) is 0 Å². The molecule has 0 aliphatic carbocycles. The van der Waals surface area contributed by atoms with Crippen LogP contribution in [0.2, 0.25) is 0 Å². The zero-order valence-electron chi connectivity index (χ0n) is 13.7. The highest BCUT2D eigenvalue weighted by Gasteiger charge is 2.20. The molecule has 0 unspecified atom stereocenters. The van der Waals surface area contributed by atoms with Gasteiger partial charge >= 0.3 is 0 Å². The van der Waals surface area contributed by atoms with Gasteiger partial charge in [-0.05, 0) is 24.5 Å². The summed E-state index contributed by atoms with van der Waals surface area (Å²) in [6.45, 7) is 9.15. The first kappa shape index (κ1) is 18.8. The first-order valence-electron chi connectivity index (χ1n) is 8.07. The average molecular weight is 326 g/mol. The van der Waals surface area contributed by atoms with Crippen molar-refractivity contribution >= 4 is 24.0 Å². The highest BCUT2D eigenvalue weighted by Crippen LogP contribution is 2.21. The summed E-state index contributed by atoms with van der Waals surface area (Å²) in [5.74, 6) is 0.246. The Morgan fingerprint density at radius 3 is 2.59 bits per heavy atom. The highest BCUT2D eigenvalue weighted by molar-refractivity contribution is 5.85. The number of carbonyl (C=O) groups is 1. The van der Waals surface area contributed by atoms with Crippen molar-refractivity contribution in [1.29, 1.82) is 0 Å². The summed E-state index contributed by atoms with van der Waals surface area (Å²) in [6.07, 6.45) is 2.04. The van der Waals surface area contributed by atoms with E-state index in [2.05, 4.69) is 48.3 Å². The van der Waals surface area contributed by atoms with Crippen molar-refractivity contribution in [3.05, 3.63) is 29.8 Å². The van der Waals surface area contributed by atoms with E-state index in [0.29, 0.717) is 6.54 Å². The van der Waals surface area contributed by atoms with E-state index in [1.165, 1.54) is 11.3 Å². The Morgan fingerprint density at radius 1 is 1.23 bits per heavy atom. The summed E-state index contributed by atoms with van der Waals surface area (Å²) in [7, 11) is 0. The van der Waals surface area contributed by atoms with Crippen molar-refractivity contribution in [1.82, 2.24) is 10.2 Å². The second-order valence-electron chi connectivity index (χ2n) is 5.61. The van der Waals surface area contributed by atoms with E-state index >= 15 is 0 Å². The third kappa shape index (κ3) is 4.89. The van der Waals surface area contributed by atoms with Gasteiger partial charge in [0, 0.05) is 38.4 Å². The van der Waals surface area contributed by atoms with Crippen LogP contribution in [0, 0.1) is 0 Å². The molecule has 4 nitrogen and oxygen atoms in total. The van der Waals surface area contributed by atoms with Gasteiger partial charge in [-0.15, -0.1) is 12.4 Å². The van der Waals surface area contributed by atoms with Crippen LogP contribution < -0.4 is 10.2 Å². The topological polar surface area (TPSA) is 35.6 Å². The van der Waals surface area contributed by atoms with Gasteiger partial charge in [-0.3, -0.25) is 4.79 Å². The Kier molecular flexibility index (Phi) is 8.28. The number of anilines is 1. The predicted molar refractivity (Wildman–Crippen MR) is 94.8 cm³/mol. The fraction of sp³-hybridized carbons (Fsp3) is 0.588. The third-order valence-corrected chi connectivity index (χ3v) is 3.87. The molecule has 0 atom stereocenters. The molecule has 5 heteroatoms. The van der Waals surface area contributed by atoms with Gasteiger partial charge in [-0.1, -0.05) is 32.0 Å². The molecule has 124 valence electrons. The maximum absolute atomic E-state index is 12.6. The van der Waals surface area contributed by atoms with Crippen molar-refractivity contribution < 1.29 is 4.79 Å². The van der Waals surface area contributed by atoms with Crippen LogP contribution in [-0.2, 0) is 11.3 Å². The van der Waals surface area contributed by atoms with Crippen LogP contribution in [0.4, 0.5) is 5.69 Å². The van der Waals surface area contributed by atoms with Crippen molar-refractivity contribution in [2.75, 3.05) is 37.6 Å². The lowest BCUT2D eigenvalue weighted by molar-refractivity contribution is -0.129. The maximum Gasteiger partial charge on any atom is 0.242 e. The lowest BCUT2D eigenvalue weighted by Gasteiger charge is -2.28. The largest absolute Gasteiger partial charge is 0.361 e. The highest BCUT2D eigenvalue weighted by atomic mass is 35.5. The summed E-state index contributed by atoms with van der Waals surface area (Å²) in [5.41, 5.74) is 2.48. The zero-order valence-corrected chi connectivity index (χ0v) is 14.5. The number of hydrogen-bond donors (Lipinski definition) is 1. The Balaban J connectivity index is 0.00000242. The number of hydrogen-bond acceptors (Lipinski definition) is 3. The molecule has 1 aromatic carbocycles. The molecule has 1 heterocycles. The van der Waals surface area contributed by atoms with Gasteiger partial charge < -0.3 is 15.1 Å². The predicted octanol–water partition coefficient (Wildman–Crippen LogP) is 2.67. The fourth-order valence-electron chi connectivity index (χ4n) is 2.85. The maximum atomic E-state index is 12.6. The summed E-state index contributed by atoms with van der Waals surface area (Å²) >= 11 is 0. The Labute approximate surface area is 140 Å². The number of rotatable bonds is 6. The summed E-state index contributed by atoms with van der Waals surface area (Å²) in [5, 5.41) is 3.42. The van der Waals surface area contributed by atoms with Crippen LogP contribution in [-0.4, -0.2) is 43.5 Å². The average Bonchev–Trinajstić information content (AvgIpc) is 2.70. The van der Waals surface area contributed by atoms with Crippen molar-refractivity contribution in [2.45, 2.75) is 33.2 Å². The van der Waals surface area contributed by atoms with E-state index in [1.54, 1.807) is 0 Å². The summed E-state index contributed by atoms with van der Waals surface area (Å²) in [6, 6.07) is 8.38. The molecule has 0 saturated carbocycles. The molecule has 0 saturated heterocycles. The van der Waals surface area contributed by atoms with Crippen molar-refractivity contribution in [3.8, 4) is 0 Å². The molecule has 0 aromatic heterocycles. The molecule has 22 heavy (non-hydrogen) atoms. The number of amides is 1. The SMILES string of the molecule is CCCN(CCC)C(=O)CN1CCNCc2ccccc21.Cl. The molecule has 0 radical (unpaired) electrons. The van der Waals surface area contributed by atoms with Crippen LogP contribution in [0.15, 0.2) is 24.3 Å². The van der Waals surface area contributed by atoms with Crippen LogP contribution >= 0.6 is 12.4 Å². The van der Waals surface area contributed by atoms with E-state index in [0.717, 1.165) is 45.6 Å². The number of para-hydroxylation sites is 1. The number of nitrogens with zero attached hydrogens (tertiary/aromatic N) is 2. The van der Waals surface area contributed by atoms with Crippen LogP contribution in [0.25, 0.3) is 0 Å². The van der Waals surface area contributed by atoms with Gasteiger partial charge in [0.25, 0.3) is 0 Å². The second-order valence-corrected chi connectivity index (χ2v) is 5.61. The number of carbonyl (C=O) groups excluding carboxylic acids is 1. The standard InChI is InChI=1S/C17H27N3O.ClH/c1-3-10-19(11-4-2)17(21)14-20-12-9-18-13-15-7-5-6-8-16(15)20;/h5-8,18H,3-4,9-14H2,1-2H3;1H. The Morgan fingerprint density at radius 2 is 1.91 bits per heavy atom. The quantitative estimate of drug-likeness (QED) is 0.873. The van der Waals surface area contributed by atoms with Gasteiger partial charge in [-0.2, -0.15) is 0 Å². The zero-order chi connectivity index (χ0) is 15.1. The Bertz CT molecular complexity index is 461. The van der Waals surface area contributed by atoms with Gasteiger partial charge in [0.2, 0.25) is 5.91 Å². The minimum Gasteiger partial charge on any atom is -0.361 e. The first-order valence-corrected chi connectivity index (χ1v) is 8.07. The van der Waals surface area contributed by atoms with Gasteiger partial charge in [0.15, 0.2) is 0 Å². The fourth-order valence-corrected chi connectivity index (χ4v) is 2.85. The van der Waals surface area contributed by atoms with E-state index in [9.17, 15) is 4.79 Å². The van der Waals surface area contributed by atoms with E-state index < -0.39 is 0 Å². The molecule has 1 aliphatic heterocycles. The summed E-state index contributed by atoms with van der Waals surface area (Å²) in [4.78, 5) is 16.8. The van der Waals surface area contributed by atoms with Crippen molar-refractivity contribution in [2.24, 2.45) is 0 Å². The number of halogens is 1. The van der Waals surface area contributed by atoms with Gasteiger partial charge in [0.1, 0.15) is 0 Å². The van der Waals surface area contributed by atoms with Gasteiger partial charge in [0.05, 0.1) is 6.54 Å².